The number of benzene rings is 1. The van der Waals surface area contributed by atoms with E-state index >= 15 is 0 Å². The number of hydrogen-bond donors (Lipinski definition) is 0. The topological polar surface area (TPSA) is 12.5 Å². The van der Waals surface area contributed by atoms with Crippen LogP contribution in [0.15, 0.2) is 12.1 Å². The summed E-state index contributed by atoms with van der Waals surface area (Å²) in [4.78, 5) is 0. The van der Waals surface area contributed by atoms with Gasteiger partial charge in [0.25, 0.3) is 0 Å². The maximum absolute atomic E-state index is 13.2. The average Bonchev–Trinajstić information content (AvgIpc) is 2.73. The maximum atomic E-state index is 13.2. The van der Waals surface area contributed by atoms with Gasteiger partial charge in [0.1, 0.15) is 17.2 Å². The third kappa shape index (κ3) is 0.879. The van der Waals surface area contributed by atoms with Crippen LogP contribution in [-0.4, -0.2) is 6.61 Å². The summed E-state index contributed by atoms with van der Waals surface area (Å²) in [6.45, 7) is 0.614. The molecule has 0 radical (unpaired) electrons. The Kier molecular flexibility index (Phi) is 1.20. The van der Waals surface area contributed by atoms with Gasteiger partial charge >= 0.3 is 0 Å². The molecule has 0 bridgehead atoms. The van der Waals surface area contributed by atoms with E-state index in [9.17, 15) is 8.78 Å². The standard InChI is InChI=1S/C10H8F2O/c11-6-3-8-7(9(12)4-6)1-2-10(8)5-13-10/h3-4H,1-2,5H2. The normalized spacial score (nSPS) is 29.4. The van der Waals surface area contributed by atoms with E-state index in [1.165, 1.54) is 6.07 Å². The van der Waals surface area contributed by atoms with Gasteiger partial charge in [-0.05, 0) is 30.0 Å². The summed E-state index contributed by atoms with van der Waals surface area (Å²) in [5, 5.41) is 0. The molecule has 1 spiro atoms. The minimum absolute atomic E-state index is 0.321. The Morgan fingerprint density at radius 2 is 2.08 bits per heavy atom. The van der Waals surface area contributed by atoms with Crippen molar-refractivity contribution in [2.75, 3.05) is 6.61 Å². The molecule has 68 valence electrons. The van der Waals surface area contributed by atoms with Crippen LogP contribution >= 0.6 is 0 Å². The summed E-state index contributed by atoms with van der Waals surface area (Å²) in [6, 6.07) is 2.35. The second kappa shape index (κ2) is 2.10. The van der Waals surface area contributed by atoms with Crippen molar-refractivity contribution in [3.63, 3.8) is 0 Å². The summed E-state index contributed by atoms with van der Waals surface area (Å²) >= 11 is 0. The van der Waals surface area contributed by atoms with Gasteiger partial charge in [-0.2, -0.15) is 0 Å². The zero-order valence-electron chi connectivity index (χ0n) is 6.94. The molecular formula is C10H8F2O. The quantitative estimate of drug-likeness (QED) is 0.560. The molecule has 13 heavy (non-hydrogen) atoms. The molecule has 0 amide bonds. The Morgan fingerprint density at radius 1 is 1.31 bits per heavy atom. The molecule has 1 aromatic carbocycles. The van der Waals surface area contributed by atoms with Crippen LogP contribution in [0.1, 0.15) is 17.5 Å². The fourth-order valence-corrected chi connectivity index (χ4v) is 2.11. The van der Waals surface area contributed by atoms with E-state index in [1.54, 1.807) is 0 Å². The summed E-state index contributed by atoms with van der Waals surface area (Å²) in [6.07, 6.45) is 1.46. The Morgan fingerprint density at radius 3 is 2.77 bits per heavy atom. The zero-order valence-corrected chi connectivity index (χ0v) is 6.94. The van der Waals surface area contributed by atoms with Crippen LogP contribution in [0.2, 0.25) is 0 Å². The lowest BCUT2D eigenvalue weighted by atomic mass is 10.0. The molecular weight excluding hydrogens is 174 g/mol. The zero-order chi connectivity index (χ0) is 9.05. The molecule has 1 saturated heterocycles. The highest BCUT2D eigenvalue weighted by Crippen LogP contribution is 2.50. The first-order valence-electron chi connectivity index (χ1n) is 4.34. The van der Waals surface area contributed by atoms with E-state index in [4.69, 9.17) is 4.74 Å². The van der Waals surface area contributed by atoms with Crippen molar-refractivity contribution >= 4 is 0 Å². The van der Waals surface area contributed by atoms with Crippen molar-refractivity contribution in [3.8, 4) is 0 Å². The molecule has 1 aliphatic carbocycles. The van der Waals surface area contributed by atoms with E-state index in [-0.39, 0.29) is 5.60 Å². The van der Waals surface area contributed by atoms with Gasteiger partial charge in [0, 0.05) is 6.07 Å². The molecule has 1 aliphatic heterocycles. The van der Waals surface area contributed by atoms with Crippen molar-refractivity contribution in [2.45, 2.75) is 18.4 Å². The molecule has 0 aromatic heterocycles. The van der Waals surface area contributed by atoms with E-state index in [0.29, 0.717) is 18.6 Å². The first kappa shape index (κ1) is 7.44. The Balaban J connectivity index is 2.24. The third-order valence-corrected chi connectivity index (χ3v) is 2.92. The van der Waals surface area contributed by atoms with Crippen LogP contribution in [0.4, 0.5) is 8.78 Å². The Bertz CT molecular complexity index is 383. The molecule has 3 heteroatoms. The van der Waals surface area contributed by atoms with Crippen LogP contribution < -0.4 is 0 Å². The van der Waals surface area contributed by atoms with Gasteiger partial charge in [-0.3, -0.25) is 0 Å². The molecule has 3 rings (SSSR count). The van der Waals surface area contributed by atoms with Crippen molar-refractivity contribution < 1.29 is 13.5 Å². The number of halogens is 2. The first-order valence-corrected chi connectivity index (χ1v) is 4.34. The van der Waals surface area contributed by atoms with Crippen molar-refractivity contribution in [3.05, 3.63) is 34.9 Å². The molecule has 1 heterocycles. The van der Waals surface area contributed by atoms with Crippen molar-refractivity contribution in [2.24, 2.45) is 0 Å². The molecule has 1 atom stereocenters. The molecule has 2 aliphatic rings. The smallest absolute Gasteiger partial charge is 0.129 e. The second-order valence-electron chi connectivity index (χ2n) is 3.70. The lowest BCUT2D eigenvalue weighted by Crippen LogP contribution is -2.03. The SMILES string of the molecule is Fc1cc(F)c2c(c1)C1(CC2)CO1. The summed E-state index contributed by atoms with van der Waals surface area (Å²) in [5.74, 6) is -0.935. The number of rotatable bonds is 0. The number of fused-ring (bicyclic) bond motifs is 2. The maximum Gasteiger partial charge on any atom is 0.129 e. The van der Waals surface area contributed by atoms with E-state index in [2.05, 4.69) is 0 Å². The Hall–Kier alpha value is -0.960. The van der Waals surface area contributed by atoms with Gasteiger partial charge in [0.15, 0.2) is 0 Å². The minimum Gasteiger partial charge on any atom is -0.364 e. The van der Waals surface area contributed by atoms with E-state index in [1.807, 2.05) is 0 Å². The van der Waals surface area contributed by atoms with Crippen molar-refractivity contribution in [1.82, 2.24) is 0 Å². The predicted molar refractivity (Wildman–Crippen MR) is 42.3 cm³/mol. The average molecular weight is 182 g/mol. The van der Waals surface area contributed by atoms with Gasteiger partial charge in [0.2, 0.25) is 0 Å². The molecule has 0 N–H and O–H groups in total. The van der Waals surface area contributed by atoms with Crippen LogP contribution in [0.5, 0.6) is 0 Å². The molecule has 0 saturated carbocycles. The Labute approximate surface area is 74.3 Å². The largest absolute Gasteiger partial charge is 0.364 e. The monoisotopic (exact) mass is 182 g/mol. The van der Waals surface area contributed by atoms with E-state index in [0.717, 1.165) is 18.1 Å². The number of epoxide rings is 1. The first-order chi connectivity index (χ1) is 6.21. The highest BCUT2D eigenvalue weighted by atomic mass is 19.1. The lowest BCUT2D eigenvalue weighted by molar-refractivity contribution is 0.307. The van der Waals surface area contributed by atoms with Gasteiger partial charge < -0.3 is 4.74 Å². The van der Waals surface area contributed by atoms with Gasteiger partial charge in [-0.25, -0.2) is 8.78 Å². The van der Waals surface area contributed by atoms with E-state index < -0.39 is 11.6 Å². The molecule has 1 unspecified atom stereocenters. The second-order valence-corrected chi connectivity index (χ2v) is 3.70. The van der Waals surface area contributed by atoms with Gasteiger partial charge in [-0.15, -0.1) is 0 Å². The number of hydrogen-bond acceptors (Lipinski definition) is 1. The van der Waals surface area contributed by atoms with Crippen LogP contribution in [0.3, 0.4) is 0 Å². The minimum atomic E-state index is -0.506. The molecule has 1 fully saturated rings. The van der Waals surface area contributed by atoms with Crippen LogP contribution in [-0.2, 0) is 16.8 Å². The van der Waals surface area contributed by atoms with Crippen LogP contribution in [0, 0.1) is 11.6 Å². The van der Waals surface area contributed by atoms with Gasteiger partial charge in [0.05, 0.1) is 6.61 Å². The summed E-state index contributed by atoms with van der Waals surface area (Å²) in [5.41, 5.74) is 1.04. The van der Waals surface area contributed by atoms with Crippen LogP contribution in [0.25, 0.3) is 0 Å². The third-order valence-electron chi connectivity index (χ3n) is 2.92. The summed E-state index contributed by atoms with van der Waals surface area (Å²) < 4.78 is 31.4. The summed E-state index contributed by atoms with van der Waals surface area (Å²) in [7, 11) is 0. The molecule has 1 nitrogen and oxygen atoms in total. The van der Waals surface area contributed by atoms with Gasteiger partial charge in [-0.1, -0.05) is 0 Å². The lowest BCUT2D eigenvalue weighted by Gasteiger charge is -2.04. The fraction of sp³-hybridized carbons (Fsp3) is 0.400. The molecule has 1 aromatic rings. The highest BCUT2D eigenvalue weighted by molar-refractivity contribution is 5.41. The fourth-order valence-electron chi connectivity index (χ4n) is 2.11. The number of ether oxygens (including phenoxy) is 1. The highest BCUT2D eigenvalue weighted by Gasteiger charge is 2.51. The predicted octanol–water partition coefficient (Wildman–Crippen LogP) is 2.14. The van der Waals surface area contributed by atoms with Crippen molar-refractivity contribution in [1.29, 1.82) is 0 Å².